The minimum Gasteiger partial charge on any atom is -0.497 e. The molecular formula is C15H13NO. The average Bonchev–Trinajstić information content (AvgIpc) is 2.35. The van der Waals surface area contributed by atoms with Gasteiger partial charge in [0.15, 0.2) is 0 Å². The van der Waals surface area contributed by atoms with Crippen molar-refractivity contribution >= 4 is 0 Å². The van der Waals surface area contributed by atoms with Gasteiger partial charge in [-0.15, -0.1) is 0 Å². The third-order valence-electron chi connectivity index (χ3n) is 2.18. The Morgan fingerprint density at radius 2 is 2.06 bits per heavy atom. The highest BCUT2D eigenvalue weighted by atomic mass is 16.5. The zero-order chi connectivity index (χ0) is 14.6. The molecule has 0 fully saturated rings. The van der Waals surface area contributed by atoms with Gasteiger partial charge in [-0.1, -0.05) is 18.1 Å². The van der Waals surface area contributed by atoms with Crippen molar-refractivity contribution < 1.29 is 8.85 Å². The van der Waals surface area contributed by atoms with Gasteiger partial charge in [0.1, 0.15) is 11.4 Å². The van der Waals surface area contributed by atoms with E-state index in [-0.39, 0.29) is 5.75 Å². The Bertz CT molecular complexity index is 669. The van der Waals surface area contributed by atoms with Crippen LogP contribution >= 0.6 is 0 Å². The number of aryl methyl sites for hydroxylation is 1. The molecule has 0 aliphatic rings. The van der Waals surface area contributed by atoms with Crippen molar-refractivity contribution in [2.75, 3.05) is 7.04 Å². The molecule has 84 valence electrons. The Balaban J connectivity index is 2.21. The molecule has 0 unspecified atom stereocenters. The molecule has 0 saturated carbocycles. The molecule has 0 amide bonds. The highest BCUT2D eigenvalue weighted by molar-refractivity contribution is 5.43. The zero-order valence-corrected chi connectivity index (χ0v) is 9.40. The Morgan fingerprint density at radius 3 is 2.88 bits per heavy atom. The first-order chi connectivity index (χ1) is 9.42. The lowest BCUT2D eigenvalue weighted by atomic mass is 10.2. The maximum atomic E-state index is 7.06. The summed E-state index contributed by atoms with van der Waals surface area (Å²) in [6.07, 6.45) is 0. The number of rotatable bonds is 1. The Morgan fingerprint density at radius 1 is 1.18 bits per heavy atom. The zero-order valence-electron chi connectivity index (χ0n) is 12.4. The molecule has 17 heavy (non-hydrogen) atoms. The second-order valence-electron chi connectivity index (χ2n) is 3.54. The second kappa shape index (κ2) is 5.18. The van der Waals surface area contributed by atoms with Gasteiger partial charge in [-0.3, -0.25) is 0 Å². The van der Waals surface area contributed by atoms with Crippen LogP contribution in [0, 0.1) is 18.8 Å². The summed E-state index contributed by atoms with van der Waals surface area (Å²) in [5.41, 5.74) is 2.25. The largest absolute Gasteiger partial charge is 0.497 e. The average molecular weight is 229 g/mol. The number of methoxy groups -OCH3 is 1. The number of pyridine rings is 1. The topological polar surface area (TPSA) is 22.1 Å². The number of aromatic nitrogens is 1. The van der Waals surface area contributed by atoms with E-state index in [1.54, 1.807) is 24.3 Å². The molecule has 0 saturated heterocycles. The van der Waals surface area contributed by atoms with Crippen LogP contribution in [0.3, 0.4) is 0 Å². The van der Waals surface area contributed by atoms with Crippen molar-refractivity contribution in [3.8, 4) is 17.6 Å². The number of hydrogen-bond donors (Lipinski definition) is 0. The number of hydrogen-bond acceptors (Lipinski definition) is 2. The van der Waals surface area contributed by atoms with Crippen LogP contribution in [0.5, 0.6) is 5.75 Å². The SMILES string of the molecule is [3H]C([3H])([3H])Oc1cccc(C#Cc2cccc(C)n2)c1. The lowest BCUT2D eigenvalue weighted by Gasteiger charge is -1.98. The number of ether oxygens (including phenoxy) is 1. The molecule has 0 atom stereocenters. The van der Waals surface area contributed by atoms with Gasteiger partial charge >= 0.3 is 0 Å². The van der Waals surface area contributed by atoms with Crippen LogP contribution in [-0.4, -0.2) is 12.0 Å². The first kappa shape index (κ1) is 7.92. The standard InChI is InChI=1S/C15H13NO/c1-12-5-3-7-14(16-12)10-9-13-6-4-8-15(11-13)17-2/h3-8,11H,1-2H3/i2T3. The van der Waals surface area contributed by atoms with Crippen LogP contribution in [-0.2, 0) is 0 Å². The molecule has 2 heteroatoms. The molecule has 0 spiro atoms. The van der Waals surface area contributed by atoms with Gasteiger partial charge in [-0.05, 0) is 43.2 Å². The van der Waals surface area contributed by atoms with Gasteiger partial charge in [-0.25, -0.2) is 4.98 Å². The molecule has 2 nitrogen and oxygen atoms in total. The Labute approximate surface area is 105 Å². The van der Waals surface area contributed by atoms with Crippen LogP contribution in [0.2, 0.25) is 0 Å². The number of benzene rings is 1. The van der Waals surface area contributed by atoms with E-state index in [2.05, 4.69) is 16.8 Å². The van der Waals surface area contributed by atoms with E-state index in [1.165, 1.54) is 0 Å². The fraction of sp³-hybridized carbons (Fsp3) is 0.133. The summed E-state index contributed by atoms with van der Waals surface area (Å²) in [5, 5.41) is 0. The van der Waals surface area contributed by atoms with Crippen LogP contribution in [0.15, 0.2) is 42.5 Å². The van der Waals surface area contributed by atoms with E-state index < -0.39 is 7.04 Å². The molecule has 0 bridgehead atoms. The molecular weight excluding hydrogens is 210 g/mol. The van der Waals surface area contributed by atoms with Crippen molar-refractivity contribution in [1.82, 2.24) is 4.98 Å². The second-order valence-corrected chi connectivity index (χ2v) is 3.54. The van der Waals surface area contributed by atoms with Gasteiger partial charge in [0.2, 0.25) is 0 Å². The van der Waals surface area contributed by atoms with E-state index in [0.29, 0.717) is 11.3 Å². The normalized spacial score (nSPS) is 12.6. The summed E-state index contributed by atoms with van der Waals surface area (Å²) >= 11 is 0. The van der Waals surface area contributed by atoms with E-state index >= 15 is 0 Å². The van der Waals surface area contributed by atoms with Crippen LogP contribution in [0.4, 0.5) is 0 Å². The lowest BCUT2D eigenvalue weighted by molar-refractivity contribution is 0.414. The van der Waals surface area contributed by atoms with E-state index in [0.717, 1.165) is 5.69 Å². The van der Waals surface area contributed by atoms with Crippen LogP contribution in [0.1, 0.15) is 21.1 Å². The summed E-state index contributed by atoms with van der Waals surface area (Å²) < 4.78 is 26.0. The molecule has 0 aliphatic heterocycles. The fourth-order valence-electron chi connectivity index (χ4n) is 1.39. The Kier molecular flexibility index (Phi) is 2.41. The fourth-order valence-corrected chi connectivity index (χ4v) is 1.39. The molecule has 1 aromatic carbocycles. The molecule has 2 aromatic rings. The monoisotopic (exact) mass is 229 g/mol. The van der Waals surface area contributed by atoms with Gasteiger partial charge in [0, 0.05) is 11.3 Å². The lowest BCUT2D eigenvalue weighted by Crippen LogP contribution is -1.85. The Hall–Kier alpha value is -2.27. The first-order valence-corrected chi connectivity index (χ1v) is 5.17. The minimum absolute atomic E-state index is 0.272. The summed E-state index contributed by atoms with van der Waals surface area (Å²) in [7, 11) is -2.45. The molecule has 1 heterocycles. The predicted octanol–water partition coefficient (Wildman–Crippen LogP) is 2.80. The molecule has 0 N–H and O–H groups in total. The molecule has 0 radical (unpaired) electrons. The van der Waals surface area contributed by atoms with Crippen molar-refractivity contribution in [2.24, 2.45) is 0 Å². The van der Waals surface area contributed by atoms with Gasteiger partial charge in [0.25, 0.3) is 0 Å². The smallest absolute Gasteiger partial charge is 0.120 e. The highest BCUT2D eigenvalue weighted by Crippen LogP contribution is 2.11. The number of nitrogens with zero attached hydrogens (tertiary/aromatic N) is 1. The summed E-state index contributed by atoms with van der Waals surface area (Å²) in [6.45, 7) is 1.90. The van der Waals surface area contributed by atoms with Crippen molar-refractivity contribution in [3.05, 3.63) is 59.4 Å². The summed E-state index contributed by atoms with van der Waals surface area (Å²) in [6, 6.07) is 12.3. The van der Waals surface area contributed by atoms with E-state index in [1.807, 2.05) is 25.1 Å². The minimum atomic E-state index is -2.45. The molecule has 1 aromatic heterocycles. The van der Waals surface area contributed by atoms with E-state index in [4.69, 9.17) is 8.85 Å². The molecule has 2 rings (SSSR count). The van der Waals surface area contributed by atoms with Gasteiger partial charge in [0.05, 0.1) is 11.2 Å². The summed E-state index contributed by atoms with van der Waals surface area (Å²) in [4.78, 5) is 4.28. The van der Waals surface area contributed by atoms with Crippen molar-refractivity contribution in [1.29, 1.82) is 0 Å². The van der Waals surface area contributed by atoms with Gasteiger partial charge in [-0.2, -0.15) is 0 Å². The molecule has 0 aliphatic carbocycles. The van der Waals surface area contributed by atoms with Crippen molar-refractivity contribution in [2.45, 2.75) is 6.92 Å². The van der Waals surface area contributed by atoms with Crippen molar-refractivity contribution in [3.63, 3.8) is 0 Å². The van der Waals surface area contributed by atoms with E-state index in [9.17, 15) is 0 Å². The first-order valence-electron chi connectivity index (χ1n) is 6.67. The predicted molar refractivity (Wildman–Crippen MR) is 67.9 cm³/mol. The maximum absolute atomic E-state index is 7.06. The maximum Gasteiger partial charge on any atom is 0.120 e. The highest BCUT2D eigenvalue weighted by Gasteiger charge is 1.92. The third-order valence-corrected chi connectivity index (χ3v) is 2.18. The quantitative estimate of drug-likeness (QED) is 0.701. The third kappa shape index (κ3) is 3.09. The van der Waals surface area contributed by atoms with Crippen LogP contribution in [0.25, 0.3) is 0 Å². The van der Waals surface area contributed by atoms with Crippen LogP contribution < -0.4 is 4.74 Å². The summed E-state index contributed by atoms with van der Waals surface area (Å²) in [5.74, 6) is 6.14. The van der Waals surface area contributed by atoms with Gasteiger partial charge < -0.3 is 4.74 Å².